The number of ether oxygens (including phenoxy) is 3. The summed E-state index contributed by atoms with van der Waals surface area (Å²) < 4.78 is 68.0. The molecule has 0 spiro atoms. The second-order valence-electron chi connectivity index (χ2n) is 5.00. The van der Waals surface area contributed by atoms with Crippen LogP contribution < -0.4 is 9.47 Å². The fraction of sp³-hybridized carbons (Fsp3) is 0.235. The molecule has 0 atom stereocenters. The van der Waals surface area contributed by atoms with Crippen LogP contribution in [0.2, 0.25) is 0 Å². The van der Waals surface area contributed by atoms with E-state index in [4.69, 9.17) is 9.47 Å². The maximum absolute atomic E-state index is 14.0. The Morgan fingerprint density at radius 2 is 1.84 bits per heavy atom. The first-order chi connectivity index (χ1) is 11.8. The molecule has 0 amide bonds. The number of methoxy groups -OCH3 is 1. The summed E-state index contributed by atoms with van der Waals surface area (Å²) in [5.41, 5.74) is -0.692. The van der Waals surface area contributed by atoms with Crippen molar-refractivity contribution in [3.63, 3.8) is 0 Å². The van der Waals surface area contributed by atoms with Gasteiger partial charge in [-0.15, -0.1) is 0 Å². The van der Waals surface area contributed by atoms with Crippen molar-refractivity contribution in [3.05, 3.63) is 58.7 Å². The van der Waals surface area contributed by atoms with Crippen LogP contribution in [-0.2, 0) is 11.3 Å². The third-order valence-electron chi connectivity index (χ3n) is 3.33. The van der Waals surface area contributed by atoms with Crippen molar-refractivity contribution >= 4 is 6.16 Å². The molecule has 0 radical (unpaired) electrons. The van der Waals surface area contributed by atoms with Crippen LogP contribution in [0.15, 0.2) is 30.3 Å². The number of alkyl halides is 2. The number of rotatable bonds is 5. The SMILES string of the molecule is COC(=O)Oc1cccc(F)c1COc1cc(F)c(C)cc1C(F)F. The van der Waals surface area contributed by atoms with Crippen molar-refractivity contribution < 1.29 is 36.6 Å². The Labute approximate surface area is 140 Å². The van der Waals surface area contributed by atoms with Crippen LogP contribution in [0.4, 0.5) is 22.4 Å². The van der Waals surface area contributed by atoms with Gasteiger partial charge in [0.05, 0.1) is 18.2 Å². The zero-order chi connectivity index (χ0) is 18.6. The minimum Gasteiger partial charge on any atom is -0.488 e. The van der Waals surface area contributed by atoms with Gasteiger partial charge in [0, 0.05) is 6.07 Å². The number of aryl methyl sites for hydroxylation is 1. The van der Waals surface area contributed by atoms with E-state index in [9.17, 15) is 22.4 Å². The molecule has 25 heavy (non-hydrogen) atoms. The number of halogens is 4. The van der Waals surface area contributed by atoms with Gasteiger partial charge in [0.2, 0.25) is 0 Å². The normalized spacial score (nSPS) is 10.7. The van der Waals surface area contributed by atoms with E-state index in [-0.39, 0.29) is 16.9 Å². The molecule has 2 aromatic rings. The van der Waals surface area contributed by atoms with Crippen LogP contribution >= 0.6 is 0 Å². The summed E-state index contributed by atoms with van der Waals surface area (Å²) in [6, 6.07) is 5.41. The largest absolute Gasteiger partial charge is 0.513 e. The molecule has 0 fully saturated rings. The summed E-state index contributed by atoms with van der Waals surface area (Å²) in [4.78, 5) is 11.2. The van der Waals surface area contributed by atoms with Crippen molar-refractivity contribution in [2.75, 3.05) is 7.11 Å². The number of benzene rings is 2. The standard InChI is InChI=1S/C17H14F4O4/c1-9-6-10(16(20)21)15(7-13(9)19)24-8-11-12(18)4-3-5-14(11)25-17(22)23-2/h3-7,16H,8H2,1-2H3. The highest BCUT2D eigenvalue weighted by molar-refractivity contribution is 5.64. The first-order valence-electron chi connectivity index (χ1n) is 7.07. The molecule has 0 aliphatic rings. The molecule has 0 bridgehead atoms. The molecule has 2 rings (SSSR count). The van der Waals surface area contributed by atoms with Gasteiger partial charge >= 0.3 is 6.16 Å². The predicted molar refractivity (Wildman–Crippen MR) is 79.9 cm³/mol. The number of carbonyl (C=O) groups is 1. The third-order valence-corrected chi connectivity index (χ3v) is 3.33. The zero-order valence-corrected chi connectivity index (χ0v) is 13.3. The lowest BCUT2D eigenvalue weighted by Crippen LogP contribution is -2.11. The Bertz CT molecular complexity index is 777. The third kappa shape index (κ3) is 4.40. The molecule has 0 saturated heterocycles. The molecule has 0 heterocycles. The lowest BCUT2D eigenvalue weighted by Gasteiger charge is -2.15. The van der Waals surface area contributed by atoms with Crippen LogP contribution in [0, 0.1) is 18.6 Å². The van der Waals surface area contributed by atoms with Gasteiger partial charge in [0.1, 0.15) is 29.7 Å². The molecule has 0 unspecified atom stereocenters. The molecule has 0 N–H and O–H groups in total. The first-order valence-corrected chi connectivity index (χ1v) is 7.07. The average Bonchev–Trinajstić information content (AvgIpc) is 2.56. The molecular weight excluding hydrogens is 344 g/mol. The van der Waals surface area contributed by atoms with Gasteiger partial charge in [-0.2, -0.15) is 0 Å². The summed E-state index contributed by atoms with van der Waals surface area (Å²) in [5.74, 6) is -2.14. The van der Waals surface area contributed by atoms with Crippen molar-refractivity contribution in [2.24, 2.45) is 0 Å². The van der Waals surface area contributed by atoms with E-state index in [1.165, 1.54) is 19.1 Å². The molecule has 4 nitrogen and oxygen atoms in total. The van der Waals surface area contributed by atoms with Gasteiger partial charge in [0.15, 0.2) is 0 Å². The van der Waals surface area contributed by atoms with E-state index >= 15 is 0 Å². The van der Waals surface area contributed by atoms with Gasteiger partial charge in [0.25, 0.3) is 6.43 Å². The maximum atomic E-state index is 14.0. The highest BCUT2D eigenvalue weighted by Gasteiger charge is 2.19. The van der Waals surface area contributed by atoms with Gasteiger partial charge < -0.3 is 14.2 Å². The minimum absolute atomic E-state index is 0.0308. The molecule has 0 aliphatic carbocycles. The Hall–Kier alpha value is -2.77. The number of carbonyl (C=O) groups excluding carboxylic acids is 1. The number of hydrogen-bond acceptors (Lipinski definition) is 4. The van der Waals surface area contributed by atoms with Crippen LogP contribution in [-0.4, -0.2) is 13.3 Å². The lowest BCUT2D eigenvalue weighted by molar-refractivity contribution is 0.120. The molecule has 134 valence electrons. The van der Waals surface area contributed by atoms with Crippen LogP contribution in [0.3, 0.4) is 0 Å². The molecule has 0 saturated carbocycles. The van der Waals surface area contributed by atoms with E-state index in [2.05, 4.69) is 4.74 Å². The molecule has 2 aromatic carbocycles. The molecule has 0 aliphatic heterocycles. The van der Waals surface area contributed by atoms with Gasteiger partial charge in [-0.3, -0.25) is 0 Å². The second-order valence-corrected chi connectivity index (χ2v) is 5.00. The van der Waals surface area contributed by atoms with Crippen molar-refractivity contribution in [2.45, 2.75) is 20.0 Å². The van der Waals surface area contributed by atoms with Crippen LogP contribution in [0.5, 0.6) is 11.5 Å². The summed E-state index contributed by atoms with van der Waals surface area (Å²) in [7, 11) is 1.07. The Balaban J connectivity index is 2.30. The van der Waals surface area contributed by atoms with Crippen LogP contribution in [0.25, 0.3) is 0 Å². The Kier molecular flexibility index (Phi) is 5.84. The quantitative estimate of drug-likeness (QED) is 0.432. The van der Waals surface area contributed by atoms with E-state index in [1.807, 2.05) is 0 Å². The molecular formula is C17H14F4O4. The highest BCUT2D eigenvalue weighted by Crippen LogP contribution is 2.33. The number of hydrogen-bond donors (Lipinski definition) is 0. The summed E-state index contributed by atoms with van der Waals surface area (Å²) >= 11 is 0. The van der Waals surface area contributed by atoms with E-state index in [0.717, 1.165) is 25.3 Å². The lowest BCUT2D eigenvalue weighted by atomic mass is 10.1. The highest BCUT2D eigenvalue weighted by atomic mass is 19.3. The van der Waals surface area contributed by atoms with Crippen molar-refractivity contribution in [1.82, 2.24) is 0 Å². The van der Waals surface area contributed by atoms with Gasteiger partial charge in [-0.1, -0.05) is 6.07 Å². The van der Waals surface area contributed by atoms with E-state index in [1.54, 1.807) is 0 Å². The average molecular weight is 358 g/mol. The fourth-order valence-corrected chi connectivity index (χ4v) is 2.04. The zero-order valence-electron chi connectivity index (χ0n) is 13.3. The smallest absolute Gasteiger partial charge is 0.488 e. The molecule has 8 heteroatoms. The monoisotopic (exact) mass is 358 g/mol. The van der Waals surface area contributed by atoms with E-state index in [0.29, 0.717) is 0 Å². The second kappa shape index (κ2) is 7.87. The van der Waals surface area contributed by atoms with Gasteiger partial charge in [-0.25, -0.2) is 22.4 Å². The maximum Gasteiger partial charge on any atom is 0.513 e. The minimum atomic E-state index is -2.90. The van der Waals surface area contributed by atoms with Crippen molar-refractivity contribution in [1.29, 1.82) is 0 Å². The topological polar surface area (TPSA) is 44.8 Å². The Morgan fingerprint density at radius 1 is 1.12 bits per heavy atom. The van der Waals surface area contributed by atoms with Crippen LogP contribution in [0.1, 0.15) is 23.1 Å². The van der Waals surface area contributed by atoms with E-state index < -0.39 is 42.1 Å². The van der Waals surface area contributed by atoms with Gasteiger partial charge in [-0.05, 0) is 30.7 Å². The fourth-order valence-electron chi connectivity index (χ4n) is 2.04. The predicted octanol–water partition coefficient (Wildman–Crippen LogP) is 4.94. The summed E-state index contributed by atoms with van der Waals surface area (Å²) in [6.45, 7) is 0.783. The van der Waals surface area contributed by atoms with Crippen molar-refractivity contribution in [3.8, 4) is 11.5 Å². The Morgan fingerprint density at radius 3 is 2.48 bits per heavy atom. The summed E-state index contributed by atoms with van der Waals surface area (Å²) in [5, 5.41) is 0. The summed E-state index contributed by atoms with van der Waals surface area (Å²) in [6.07, 6.45) is -3.98. The first kappa shape index (κ1) is 18.6. The molecule has 0 aromatic heterocycles.